The van der Waals surface area contributed by atoms with Gasteiger partial charge >= 0.3 is 12.8 Å². The molecule has 0 radical (unpaired) electrons. The standard InChI is InChI=1S/C40H53Cl2F6N7O8/c1-20(2)15-26-34(60)54(6)28(17-22-16-23(41)10-11-25(22)42)32(58)52-39(12-13-39)35(61)49-14-8-7-9-27(30(56)51-26)53(5)33(59)21(3)50-31(57)29-18-24(43)19-55(29)36(62)38(4,40(46,47)48)63-37(44)45/h10-11,16,20-21,24,26-29,37H,7-9,12-15,17-19H2,1-6H3,(H,49,61)(H,50,57)(H,51,56)(H,52,58)/t21-,24+,26-,27-,28-,29-,38+/m0/s1. The highest BCUT2D eigenvalue weighted by atomic mass is 35.5. The summed E-state index contributed by atoms with van der Waals surface area (Å²) in [4.78, 5) is 98.7. The van der Waals surface area contributed by atoms with Gasteiger partial charge < -0.3 is 36.0 Å². The maximum atomic E-state index is 14.6. The van der Waals surface area contributed by atoms with Gasteiger partial charge in [-0.15, -0.1) is 0 Å². The van der Waals surface area contributed by atoms with Crippen LogP contribution >= 0.6 is 23.2 Å². The van der Waals surface area contributed by atoms with Crippen LogP contribution in [0.2, 0.25) is 10.0 Å². The van der Waals surface area contributed by atoms with E-state index in [9.17, 15) is 59.9 Å². The lowest BCUT2D eigenvalue weighted by Gasteiger charge is -2.36. The lowest BCUT2D eigenvalue weighted by atomic mass is 9.98. The molecule has 3 fully saturated rings. The number of likely N-dealkylation sites (N-methyl/N-ethyl adjacent to an activating group) is 2. The molecule has 1 saturated carbocycles. The van der Waals surface area contributed by atoms with Gasteiger partial charge in [-0.2, -0.15) is 22.0 Å². The van der Waals surface area contributed by atoms with E-state index in [0.29, 0.717) is 29.8 Å². The molecule has 0 unspecified atom stereocenters. The molecular weight excluding hydrogens is 891 g/mol. The van der Waals surface area contributed by atoms with Gasteiger partial charge in [0.15, 0.2) is 0 Å². The molecule has 23 heteroatoms. The molecule has 1 aromatic carbocycles. The molecule has 15 nitrogen and oxygen atoms in total. The second-order valence-corrected chi connectivity index (χ2v) is 17.7. The topological polar surface area (TPSA) is 187 Å². The van der Waals surface area contributed by atoms with E-state index < -0.39 is 115 Å². The van der Waals surface area contributed by atoms with E-state index >= 15 is 0 Å². The van der Waals surface area contributed by atoms with Crippen LogP contribution in [-0.2, 0) is 44.7 Å². The maximum Gasteiger partial charge on any atom is 0.426 e. The van der Waals surface area contributed by atoms with Crippen molar-refractivity contribution in [3.63, 3.8) is 0 Å². The van der Waals surface area contributed by atoms with Crippen molar-refractivity contribution in [2.24, 2.45) is 5.92 Å². The van der Waals surface area contributed by atoms with Crippen molar-refractivity contribution in [2.45, 2.75) is 139 Å². The minimum absolute atomic E-state index is 0.0321. The van der Waals surface area contributed by atoms with Crippen LogP contribution in [0.4, 0.5) is 26.3 Å². The fraction of sp³-hybridized carbons (Fsp3) is 0.675. The predicted octanol–water partition coefficient (Wildman–Crippen LogP) is 3.67. The molecule has 63 heavy (non-hydrogen) atoms. The van der Waals surface area contributed by atoms with E-state index in [1.165, 1.54) is 27.1 Å². The fourth-order valence-corrected chi connectivity index (χ4v) is 8.03. The van der Waals surface area contributed by atoms with Crippen molar-refractivity contribution < 1.29 is 64.6 Å². The summed E-state index contributed by atoms with van der Waals surface area (Å²) >= 11 is 12.7. The Morgan fingerprint density at radius 3 is 2.29 bits per heavy atom. The number of hydrogen-bond donors (Lipinski definition) is 4. The quantitative estimate of drug-likeness (QED) is 0.242. The van der Waals surface area contributed by atoms with Crippen LogP contribution in [0.25, 0.3) is 0 Å². The van der Waals surface area contributed by atoms with Crippen molar-refractivity contribution in [2.75, 3.05) is 27.2 Å². The van der Waals surface area contributed by atoms with Gasteiger partial charge in [-0.1, -0.05) is 37.0 Å². The van der Waals surface area contributed by atoms with E-state index in [1.54, 1.807) is 26.0 Å². The van der Waals surface area contributed by atoms with Gasteiger partial charge in [0, 0.05) is 43.5 Å². The molecule has 1 aromatic rings. The molecule has 2 heterocycles. The number of rotatable bonds is 11. The Morgan fingerprint density at radius 2 is 1.70 bits per heavy atom. The first-order valence-corrected chi connectivity index (χ1v) is 21.1. The highest BCUT2D eigenvalue weighted by molar-refractivity contribution is 6.33. The van der Waals surface area contributed by atoms with Crippen LogP contribution in [0.1, 0.15) is 78.2 Å². The molecule has 3 aliphatic rings. The highest BCUT2D eigenvalue weighted by Crippen LogP contribution is 2.39. The lowest BCUT2D eigenvalue weighted by molar-refractivity contribution is -0.310. The summed E-state index contributed by atoms with van der Waals surface area (Å²) < 4.78 is 86.1. The highest BCUT2D eigenvalue weighted by Gasteiger charge is 2.63. The van der Waals surface area contributed by atoms with Crippen LogP contribution in [0, 0.1) is 5.92 Å². The third-order valence-electron chi connectivity index (χ3n) is 11.5. The van der Waals surface area contributed by atoms with E-state index in [0.717, 1.165) is 9.80 Å². The molecule has 2 aliphatic heterocycles. The number of nitrogens with zero attached hydrogens (tertiary/aromatic N) is 3. The zero-order valence-electron chi connectivity index (χ0n) is 35.6. The number of carbonyl (C=O) groups excluding carboxylic acids is 7. The zero-order valence-corrected chi connectivity index (χ0v) is 37.1. The van der Waals surface area contributed by atoms with Crippen molar-refractivity contribution in [3.05, 3.63) is 33.8 Å². The fourth-order valence-electron chi connectivity index (χ4n) is 7.64. The first kappa shape index (κ1) is 51.3. The van der Waals surface area contributed by atoms with Gasteiger partial charge in [0.1, 0.15) is 41.9 Å². The summed E-state index contributed by atoms with van der Waals surface area (Å²) in [5.41, 5.74) is -4.94. The monoisotopic (exact) mass is 943 g/mol. The van der Waals surface area contributed by atoms with Crippen molar-refractivity contribution >= 4 is 64.6 Å². The minimum Gasteiger partial charge on any atom is -0.354 e. The molecule has 0 aromatic heterocycles. The van der Waals surface area contributed by atoms with Gasteiger partial charge in [-0.05, 0) is 82.1 Å². The first-order chi connectivity index (χ1) is 29.2. The summed E-state index contributed by atoms with van der Waals surface area (Å²) in [6.45, 7) is -0.226. The number of ether oxygens (including phenoxy) is 1. The summed E-state index contributed by atoms with van der Waals surface area (Å²) in [5, 5.41) is 11.2. The van der Waals surface area contributed by atoms with E-state index in [2.05, 4.69) is 26.0 Å². The van der Waals surface area contributed by atoms with Crippen molar-refractivity contribution in [3.8, 4) is 0 Å². The third kappa shape index (κ3) is 12.3. The molecule has 1 aliphatic carbocycles. The van der Waals surface area contributed by atoms with Gasteiger partial charge in [0.25, 0.3) is 5.91 Å². The molecule has 352 valence electrons. The molecular formula is C40H53Cl2F6N7O8. The van der Waals surface area contributed by atoms with Gasteiger partial charge in [0.2, 0.25) is 41.0 Å². The number of benzene rings is 1. The second kappa shape index (κ2) is 20.6. The van der Waals surface area contributed by atoms with Gasteiger partial charge in [-0.3, -0.25) is 38.3 Å². The molecule has 7 amide bonds. The minimum atomic E-state index is -5.70. The number of alkyl halides is 6. The number of amides is 7. The molecule has 4 N–H and O–H groups in total. The Bertz CT molecular complexity index is 1910. The number of nitrogens with one attached hydrogen (secondary N) is 4. The molecule has 4 rings (SSSR count). The second-order valence-electron chi connectivity index (χ2n) is 16.8. The Morgan fingerprint density at radius 1 is 1.05 bits per heavy atom. The van der Waals surface area contributed by atoms with Crippen LogP contribution in [0.3, 0.4) is 0 Å². The van der Waals surface area contributed by atoms with Gasteiger partial charge in [-0.25, -0.2) is 4.39 Å². The lowest BCUT2D eigenvalue weighted by Crippen LogP contribution is -2.62. The van der Waals surface area contributed by atoms with Crippen molar-refractivity contribution in [1.29, 1.82) is 0 Å². The smallest absolute Gasteiger partial charge is 0.354 e. The molecule has 7 atom stereocenters. The van der Waals surface area contributed by atoms with Crippen LogP contribution < -0.4 is 21.3 Å². The average Bonchev–Trinajstić information content (AvgIpc) is 3.87. The predicted molar refractivity (Wildman–Crippen MR) is 216 cm³/mol. The molecule has 1 spiro atoms. The first-order valence-electron chi connectivity index (χ1n) is 20.4. The Hall–Kier alpha value is -4.37. The normalized spacial score (nSPS) is 25.3. The average molecular weight is 945 g/mol. The van der Waals surface area contributed by atoms with E-state index in [1.807, 2.05) is 0 Å². The number of carbonyl (C=O) groups is 7. The SMILES string of the molecule is CC(C)C[C@@H]1NC(=O)[C@@H](N(C)C(=O)[C@H](C)NC(=O)[C@@H]2C[C@@H](F)CN2C(=O)[C@@](C)(OC(F)F)C(F)(F)F)CCCCNC(=O)C2(CC2)NC(=O)[C@H](Cc2cc(Cl)ccc2Cl)N(C)C1=O. The maximum absolute atomic E-state index is 14.6. The summed E-state index contributed by atoms with van der Waals surface area (Å²) in [5.74, 6) is -7.14. The summed E-state index contributed by atoms with van der Waals surface area (Å²) in [6, 6.07) is -2.73. The van der Waals surface area contributed by atoms with Crippen molar-refractivity contribution in [1.82, 2.24) is 36.0 Å². The van der Waals surface area contributed by atoms with Crippen LogP contribution in [0.15, 0.2) is 18.2 Å². The largest absolute Gasteiger partial charge is 0.426 e. The Balaban J connectivity index is 1.61. The summed E-state index contributed by atoms with van der Waals surface area (Å²) in [7, 11) is 2.59. The number of halogens is 8. The van der Waals surface area contributed by atoms with E-state index in [-0.39, 0.29) is 55.0 Å². The summed E-state index contributed by atoms with van der Waals surface area (Å²) in [6.07, 6.45) is -7.44. The Kier molecular flexibility index (Phi) is 16.8. The number of hydrogen-bond acceptors (Lipinski definition) is 8. The van der Waals surface area contributed by atoms with Crippen LogP contribution in [-0.4, -0.2) is 144 Å². The van der Waals surface area contributed by atoms with Crippen LogP contribution in [0.5, 0.6) is 0 Å². The Labute approximate surface area is 370 Å². The zero-order chi connectivity index (χ0) is 47.4. The number of likely N-dealkylation sites (tertiary alicyclic amines) is 1. The molecule has 2 saturated heterocycles. The molecule has 0 bridgehead atoms. The van der Waals surface area contributed by atoms with Gasteiger partial charge in [0.05, 0.1) is 6.54 Å². The third-order valence-corrected chi connectivity index (χ3v) is 12.1. The van der Waals surface area contributed by atoms with E-state index in [4.69, 9.17) is 23.2 Å².